The fourth-order valence-corrected chi connectivity index (χ4v) is 1.99. The lowest BCUT2D eigenvalue weighted by molar-refractivity contribution is 0.400. The summed E-state index contributed by atoms with van der Waals surface area (Å²) < 4.78 is 0. The van der Waals surface area contributed by atoms with Gasteiger partial charge in [-0.25, -0.2) is 9.97 Å². The molecular formula is C15H20N4. The van der Waals surface area contributed by atoms with E-state index in [9.17, 15) is 0 Å². The molecule has 0 fully saturated rings. The van der Waals surface area contributed by atoms with E-state index in [0.29, 0.717) is 0 Å². The molecule has 1 N–H and O–H groups in total. The van der Waals surface area contributed by atoms with Gasteiger partial charge < -0.3 is 10.2 Å². The molecule has 19 heavy (non-hydrogen) atoms. The first-order valence-corrected chi connectivity index (χ1v) is 6.42. The van der Waals surface area contributed by atoms with Crippen LogP contribution in [0.5, 0.6) is 0 Å². The van der Waals surface area contributed by atoms with Gasteiger partial charge in [0.05, 0.1) is 0 Å². The van der Waals surface area contributed by atoms with Crippen molar-refractivity contribution in [2.75, 3.05) is 14.1 Å². The minimum Gasteiger partial charge on any atom is -0.308 e. The van der Waals surface area contributed by atoms with Gasteiger partial charge in [-0.05, 0) is 25.2 Å². The maximum absolute atomic E-state index is 4.01. The molecule has 0 radical (unpaired) electrons. The summed E-state index contributed by atoms with van der Waals surface area (Å²) in [5.41, 5.74) is 3.81. The van der Waals surface area contributed by atoms with Crippen LogP contribution in [-0.4, -0.2) is 29.0 Å². The molecule has 0 amide bonds. The van der Waals surface area contributed by atoms with Gasteiger partial charge in [-0.3, -0.25) is 0 Å². The standard InChI is InChI=1S/C15H20N4/c1-19(2)11-15-6-4-3-5-14(15)10-16-7-13-8-17-12-18-9-13/h3-6,8-9,12,16H,7,10-11H2,1-2H3. The fraction of sp³-hybridized carbons (Fsp3) is 0.333. The van der Waals surface area contributed by atoms with Gasteiger partial charge in [0.1, 0.15) is 6.33 Å². The summed E-state index contributed by atoms with van der Waals surface area (Å²) >= 11 is 0. The second kappa shape index (κ2) is 6.97. The molecule has 0 bridgehead atoms. The average molecular weight is 256 g/mol. The Hall–Kier alpha value is -1.78. The van der Waals surface area contributed by atoms with Gasteiger partial charge in [-0.2, -0.15) is 0 Å². The second-order valence-corrected chi connectivity index (χ2v) is 4.86. The van der Waals surface area contributed by atoms with Crippen molar-refractivity contribution >= 4 is 0 Å². The normalized spacial score (nSPS) is 10.9. The predicted octanol–water partition coefficient (Wildman–Crippen LogP) is 1.83. The molecular weight excluding hydrogens is 236 g/mol. The summed E-state index contributed by atoms with van der Waals surface area (Å²) in [4.78, 5) is 10.2. The lowest BCUT2D eigenvalue weighted by atomic mass is 10.1. The topological polar surface area (TPSA) is 41.0 Å². The van der Waals surface area contributed by atoms with Crippen molar-refractivity contribution in [1.29, 1.82) is 0 Å². The molecule has 0 spiro atoms. The van der Waals surface area contributed by atoms with E-state index in [-0.39, 0.29) is 0 Å². The van der Waals surface area contributed by atoms with Gasteiger partial charge in [0.25, 0.3) is 0 Å². The Morgan fingerprint density at radius 3 is 2.37 bits per heavy atom. The van der Waals surface area contributed by atoms with Crippen molar-refractivity contribution in [2.45, 2.75) is 19.6 Å². The molecule has 2 aromatic rings. The first-order chi connectivity index (χ1) is 9.25. The smallest absolute Gasteiger partial charge is 0.115 e. The molecule has 1 heterocycles. The lowest BCUT2D eigenvalue weighted by Gasteiger charge is -2.14. The van der Waals surface area contributed by atoms with Gasteiger partial charge in [0.15, 0.2) is 0 Å². The molecule has 0 unspecified atom stereocenters. The highest BCUT2D eigenvalue weighted by Crippen LogP contribution is 2.10. The van der Waals surface area contributed by atoms with E-state index < -0.39 is 0 Å². The summed E-state index contributed by atoms with van der Waals surface area (Å²) in [6.45, 7) is 2.61. The predicted molar refractivity (Wildman–Crippen MR) is 76.4 cm³/mol. The van der Waals surface area contributed by atoms with Crippen molar-refractivity contribution < 1.29 is 0 Å². The number of hydrogen-bond acceptors (Lipinski definition) is 4. The van der Waals surface area contributed by atoms with E-state index in [1.807, 2.05) is 12.4 Å². The third-order valence-electron chi connectivity index (χ3n) is 2.86. The van der Waals surface area contributed by atoms with E-state index in [1.165, 1.54) is 11.1 Å². The van der Waals surface area contributed by atoms with Crippen molar-refractivity contribution in [2.24, 2.45) is 0 Å². The van der Waals surface area contributed by atoms with E-state index in [2.05, 4.69) is 58.5 Å². The van der Waals surface area contributed by atoms with Crippen LogP contribution in [0.25, 0.3) is 0 Å². The Morgan fingerprint density at radius 1 is 1.00 bits per heavy atom. The van der Waals surface area contributed by atoms with E-state index in [0.717, 1.165) is 25.2 Å². The first kappa shape index (κ1) is 13.6. The molecule has 1 aromatic heterocycles. The highest BCUT2D eigenvalue weighted by Gasteiger charge is 2.02. The van der Waals surface area contributed by atoms with Crippen molar-refractivity contribution in [3.05, 3.63) is 59.7 Å². The zero-order chi connectivity index (χ0) is 13.5. The van der Waals surface area contributed by atoms with Gasteiger partial charge in [0, 0.05) is 37.6 Å². The zero-order valence-electron chi connectivity index (χ0n) is 11.5. The molecule has 1 aromatic carbocycles. The summed E-state index contributed by atoms with van der Waals surface area (Å²) in [5, 5.41) is 3.43. The number of hydrogen-bond donors (Lipinski definition) is 1. The summed E-state index contributed by atoms with van der Waals surface area (Å²) in [5.74, 6) is 0. The van der Waals surface area contributed by atoms with Crippen LogP contribution >= 0.6 is 0 Å². The minimum atomic E-state index is 0.789. The highest BCUT2D eigenvalue weighted by atomic mass is 15.0. The van der Waals surface area contributed by atoms with Crippen LogP contribution in [0.15, 0.2) is 43.0 Å². The number of aromatic nitrogens is 2. The van der Waals surface area contributed by atoms with Crippen LogP contribution in [0.1, 0.15) is 16.7 Å². The number of nitrogens with zero attached hydrogens (tertiary/aromatic N) is 3. The number of rotatable bonds is 6. The molecule has 4 heteroatoms. The molecule has 0 aliphatic carbocycles. The first-order valence-electron chi connectivity index (χ1n) is 6.42. The van der Waals surface area contributed by atoms with Gasteiger partial charge in [-0.15, -0.1) is 0 Å². The van der Waals surface area contributed by atoms with E-state index in [4.69, 9.17) is 0 Å². The minimum absolute atomic E-state index is 0.789. The Balaban J connectivity index is 1.92. The van der Waals surface area contributed by atoms with E-state index in [1.54, 1.807) is 6.33 Å². The maximum Gasteiger partial charge on any atom is 0.115 e. The Morgan fingerprint density at radius 2 is 1.68 bits per heavy atom. The van der Waals surface area contributed by atoms with Gasteiger partial charge in [-0.1, -0.05) is 24.3 Å². The van der Waals surface area contributed by atoms with Crippen molar-refractivity contribution in [3.63, 3.8) is 0 Å². The summed E-state index contributed by atoms with van der Waals surface area (Å²) in [6.07, 6.45) is 5.23. The summed E-state index contributed by atoms with van der Waals surface area (Å²) in [6, 6.07) is 8.53. The second-order valence-electron chi connectivity index (χ2n) is 4.86. The van der Waals surface area contributed by atoms with Gasteiger partial charge >= 0.3 is 0 Å². The van der Waals surface area contributed by atoms with Crippen LogP contribution in [-0.2, 0) is 19.6 Å². The van der Waals surface area contributed by atoms with Crippen molar-refractivity contribution in [3.8, 4) is 0 Å². The van der Waals surface area contributed by atoms with Crippen LogP contribution in [0.4, 0.5) is 0 Å². The van der Waals surface area contributed by atoms with E-state index >= 15 is 0 Å². The molecule has 2 rings (SSSR count). The molecule has 0 saturated heterocycles. The van der Waals surface area contributed by atoms with Crippen molar-refractivity contribution in [1.82, 2.24) is 20.2 Å². The third-order valence-corrected chi connectivity index (χ3v) is 2.86. The molecule has 0 saturated carbocycles. The highest BCUT2D eigenvalue weighted by molar-refractivity contribution is 5.27. The van der Waals surface area contributed by atoms with Crippen LogP contribution in [0.3, 0.4) is 0 Å². The third kappa shape index (κ3) is 4.43. The van der Waals surface area contributed by atoms with Crippen LogP contribution in [0.2, 0.25) is 0 Å². The Bertz CT molecular complexity index is 497. The Labute approximate surface area is 114 Å². The molecule has 4 nitrogen and oxygen atoms in total. The van der Waals surface area contributed by atoms with Gasteiger partial charge in [0.2, 0.25) is 0 Å². The lowest BCUT2D eigenvalue weighted by Crippen LogP contribution is -2.17. The average Bonchev–Trinajstić information content (AvgIpc) is 2.41. The monoisotopic (exact) mass is 256 g/mol. The molecule has 0 aliphatic rings. The number of benzene rings is 1. The van der Waals surface area contributed by atoms with Crippen LogP contribution < -0.4 is 5.32 Å². The number of nitrogens with one attached hydrogen (secondary N) is 1. The largest absolute Gasteiger partial charge is 0.308 e. The van der Waals surface area contributed by atoms with Crippen LogP contribution in [0, 0.1) is 0 Å². The molecule has 0 atom stereocenters. The molecule has 0 aliphatic heterocycles. The SMILES string of the molecule is CN(C)Cc1ccccc1CNCc1cncnc1. The summed E-state index contributed by atoms with van der Waals surface area (Å²) in [7, 11) is 4.18. The quantitative estimate of drug-likeness (QED) is 0.856. The Kier molecular flexibility index (Phi) is 5.01. The zero-order valence-corrected chi connectivity index (χ0v) is 11.5. The fourth-order valence-electron chi connectivity index (χ4n) is 1.99. The maximum atomic E-state index is 4.01. The molecule has 100 valence electrons.